The highest BCUT2D eigenvalue weighted by molar-refractivity contribution is 7.18. The van der Waals surface area contributed by atoms with Crippen LogP contribution in [0.3, 0.4) is 0 Å². The first-order valence-corrected chi connectivity index (χ1v) is 8.60. The molecule has 0 atom stereocenters. The standard InChI is InChI=1S/C15H19N3O3S/c19-14-11-9-12(10-1-2-10)22-13(11)16-15(20)18(14)4-3-17-5-7-21-8-6-17/h9-10H,1-8H2,(H,16,20). The number of H-pyrrole nitrogens is 1. The fourth-order valence-electron chi connectivity index (χ4n) is 2.90. The van der Waals surface area contributed by atoms with Gasteiger partial charge >= 0.3 is 5.69 Å². The molecule has 0 unspecified atom stereocenters. The Morgan fingerprint density at radius 2 is 2.00 bits per heavy atom. The molecule has 1 N–H and O–H groups in total. The van der Waals surface area contributed by atoms with E-state index in [1.807, 2.05) is 6.07 Å². The molecule has 0 radical (unpaired) electrons. The normalized spacial score (nSPS) is 19.8. The Morgan fingerprint density at radius 3 is 2.73 bits per heavy atom. The minimum absolute atomic E-state index is 0.157. The fourth-order valence-corrected chi connectivity index (χ4v) is 4.11. The molecule has 2 aromatic heterocycles. The number of aromatic amines is 1. The van der Waals surface area contributed by atoms with Gasteiger partial charge in [-0.3, -0.25) is 19.2 Å². The van der Waals surface area contributed by atoms with Gasteiger partial charge in [-0.05, 0) is 24.8 Å². The van der Waals surface area contributed by atoms with Crippen LogP contribution in [0.25, 0.3) is 10.2 Å². The van der Waals surface area contributed by atoms with Gasteiger partial charge in [0, 0.05) is 31.1 Å². The van der Waals surface area contributed by atoms with E-state index in [-0.39, 0.29) is 11.2 Å². The van der Waals surface area contributed by atoms with Crippen molar-refractivity contribution < 1.29 is 4.74 Å². The first-order chi connectivity index (χ1) is 10.7. The van der Waals surface area contributed by atoms with Crippen LogP contribution in [0, 0.1) is 0 Å². The molecule has 1 aliphatic carbocycles. The number of ether oxygens (including phenoxy) is 1. The van der Waals surface area contributed by atoms with Crippen molar-refractivity contribution in [2.24, 2.45) is 0 Å². The van der Waals surface area contributed by atoms with Crippen molar-refractivity contribution in [1.29, 1.82) is 0 Å². The van der Waals surface area contributed by atoms with Crippen LogP contribution in [0.5, 0.6) is 0 Å². The number of thiophene rings is 1. The van der Waals surface area contributed by atoms with Crippen LogP contribution in [0.15, 0.2) is 15.7 Å². The Balaban J connectivity index is 1.62. The highest BCUT2D eigenvalue weighted by Crippen LogP contribution is 2.43. The summed E-state index contributed by atoms with van der Waals surface area (Å²) in [6.45, 7) is 4.30. The summed E-state index contributed by atoms with van der Waals surface area (Å²) >= 11 is 1.56. The first-order valence-electron chi connectivity index (χ1n) is 7.79. The lowest BCUT2D eigenvalue weighted by atomic mass is 10.3. The lowest BCUT2D eigenvalue weighted by Crippen LogP contribution is -2.42. The molecule has 22 heavy (non-hydrogen) atoms. The number of morpholine rings is 1. The van der Waals surface area contributed by atoms with Crippen LogP contribution in [0.2, 0.25) is 0 Å². The Kier molecular flexibility index (Phi) is 3.63. The highest BCUT2D eigenvalue weighted by Gasteiger charge is 2.26. The van der Waals surface area contributed by atoms with E-state index >= 15 is 0 Å². The molecule has 2 aliphatic rings. The largest absolute Gasteiger partial charge is 0.379 e. The molecule has 1 saturated heterocycles. The number of rotatable bonds is 4. The topological polar surface area (TPSA) is 67.3 Å². The first kappa shape index (κ1) is 14.2. The second kappa shape index (κ2) is 5.64. The highest BCUT2D eigenvalue weighted by atomic mass is 32.1. The van der Waals surface area contributed by atoms with E-state index in [0.29, 0.717) is 24.4 Å². The smallest absolute Gasteiger partial charge is 0.329 e. The molecule has 118 valence electrons. The summed E-state index contributed by atoms with van der Waals surface area (Å²) in [6, 6.07) is 1.97. The van der Waals surface area contributed by atoms with E-state index in [0.717, 1.165) is 31.1 Å². The van der Waals surface area contributed by atoms with E-state index in [2.05, 4.69) is 9.88 Å². The van der Waals surface area contributed by atoms with Crippen molar-refractivity contribution in [3.8, 4) is 0 Å². The number of aromatic nitrogens is 2. The lowest BCUT2D eigenvalue weighted by molar-refractivity contribution is 0.0361. The molecule has 0 bridgehead atoms. The monoisotopic (exact) mass is 321 g/mol. The Bertz CT molecular complexity index is 796. The number of nitrogens with one attached hydrogen (secondary N) is 1. The zero-order valence-electron chi connectivity index (χ0n) is 12.3. The van der Waals surface area contributed by atoms with Crippen LogP contribution in [-0.4, -0.2) is 47.3 Å². The summed E-state index contributed by atoms with van der Waals surface area (Å²) < 4.78 is 6.65. The maximum Gasteiger partial charge on any atom is 0.329 e. The van der Waals surface area contributed by atoms with Gasteiger partial charge in [0.1, 0.15) is 4.83 Å². The summed E-state index contributed by atoms with van der Waals surface area (Å²) in [5.74, 6) is 0.599. The lowest BCUT2D eigenvalue weighted by Gasteiger charge is -2.26. The molecule has 0 amide bonds. The second-order valence-corrected chi connectivity index (χ2v) is 7.09. The Morgan fingerprint density at radius 1 is 1.23 bits per heavy atom. The summed E-state index contributed by atoms with van der Waals surface area (Å²) in [6.07, 6.45) is 2.39. The van der Waals surface area contributed by atoms with Gasteiger partial charge in [-0.2, -0.15) is 0 Å². The third kappa shape index (κ3) is 2.64. The molecule has 0 spiro atoms. The van der Waals surface area contributed by atoms with Crippen LogP contribution in [0.4, 0.5) is 0 Å². The maximum atomic E-state index is 12.6. The van der Waals surface area contributed by atoms with Crippen LogP contribution in [0.1, 0.15) is 23.6 Å². The molecule has 3 heterocycles. The number of fused-ring (bicyclic) bond motifs is 1. The average molecular weight is 321 g/mol. The van der Waals surface area contributed by atoms with Crippen molar-refractivity contribution >= 4 is 21.6 Å². The van der Waals surface area contributed by atoms with Gasteiger partial charge in [-0.25, -0.2) is 4.79 Å². The molecule has 1 aliphatic heterocycles. The zero-order valence-corrected chi connectivity index (χ0v) is 13.2. The SMILES string of the molecule is O=c1[nH]c2sc(C3CC3)cc2c(=O)n1CCN1CCOCC1. The third-order valence-corrected chi connectivity index (χ3v) is 5.63. The third-order valence-electron chi connectivity index (χ3n) is 4.42. The van der Waals surface area contributed by atoms with Gasteiger partial charge in [0.25, 0.3) is 5.56 Å². The summed E-state index contributed by atoms with van der Waals surface area (Å²) in [5.41, 5.74) is -0.454. The van der Waals surface area contributed by atoms with E-state index in [1.54, 1.807) is 11.3 Å². The molecule has 6 nitrogen and oxygen atoms in total. The average Bonchev–Trinajstić information content (AvgIpc) is 3.29. The quantitative estimate of drug-likeness (QED) is 0.911. The van der Waals surface area contributed by atoms with Gasteiger partial charge in [0.15, 0.2) is 0 Å². The molecular formula is C15H19N3O3S. The van der Waals surface area contributed by atoms with Crippen molar-refractivity contribution in [2.75, 3.05) is 32.8 Å². The molecule has 7 heteroatoms. The van der Waals surface area contributed by atoms with Crippen LogP contribution < -0.4 is 11.2 Å². The molecule has 0 aromatic carbocycles. The van der Waals surface area contributed by atoms with E-state index in [9.17, 15) is 9.59 Å². The fraction of sp³-hybridized carbons (Fsp3) is 0.600. The van der Waals surface area contributed by atoms with Gasteiger partial charge < -0.3 is 4.74 Å². The summed E-state index contributed by atoms with van der Waals surface area (Å²) in [4.78, 5) is 31.8. The van der Waals surface area contributed by atoms with Crippen molar-refractivity contribution in [3.05, 3.63) is 31.8 Å². The summed E-state index contributed by atoms with van der Waals surface area (Å²) in [5, 5.41) is 0.661. The molecule has 1 saturated carbocycles. The number of nitrogens with zero attached hydrogens (tertiary/aromatic N) is 2. The van der Waals surface area contributed by atoms with Crippen molar-refractivity contribution in [1.82, 2.24) is 14.5 Å². The van der Waals surface area contributed by atoms with E-state index in [4.69, 9.17) is 4.74 Å². The molecule has 4 rings (SSSR count). The number of hydrogen-bond acceptors (Lipinski definition) is 5. The van der Waals surface area contributed by atoms with E-state index in [1.165, 1.54) is 22.3 Å². The number of hydrogen-bond donors (Lipinski definition) is 1. The maximum absolute atomic E-state index is 12.6. The molecular weight excluding hydrogens is 302 g/mol. The summed E-state index contributed by atoms with van der Waals surface area (Å²) in [7, 11) is 0. The van der Waals surface area contributed by atoms with Crippen molar-refractivity contribution in [2.45, 2.75) is 25.3 Å². The molecule has 2 aromatic rings. The predicted octanol–water partition coefficient (Wildman–Crippen LogP) is 0.961. The van der Waals surface area contributed by atoms with Gasteiger partial charge in [-0.1, -0.05) is 0 Å². The van der Waals surface area contributed by atoms with Gasteiger partial charge in [-0.15, -0.1) is 11.3 Å². The zero-order chi connectivity index (χ0) is 15.1. The Labute approximate surface area is 131 Å². The van der Waals surface area contributed by atoms with Gasteiger partial charge in [0.2, 0.25) is 0 Å². The van der Waals surface area contributed by atoms with Crippen LogP contribution in [-0.2, 0) is 11.3 Å². The van der Waals surface area contributed by atoms with Crippen molar-refractivity contribution in [3.63, 3.8) is 0 Å². The molecule has 2 fully saturated rings. The second-order valence-electron chi connectivity index (χ2n) is 6.01. The minimum atomic E-state index is -0.296. The predicted molar refractivity (Wildman–Crippen MR) is 85.9 cm³/mol. The Hall–Kier alpha value is -1.44. The minimum Gasteiger partial charge on any atom is -0.379 e. The van der Waals surface area contributed by atoms with Crippen LogP contribution >= 0.6 is 11.3 Å². The van der Waals surface area contributed by atoms with Gasteiger partial charge in [0.05, 0.1) is 18.6 Å². The van der Waals surface area contributed by atoms with E-state index < -0.39 is 0 Å².